The molecule has 0 spiro atoms. The summed E-state index contributed by atoms with van der Waals surface area (Å²) in [5.41, 5.74) is 1.03. The van der Waals surface area contributed by atoms with Gasteiger partial charge >= 0.3 is 6.18 Å². The SMILES string of the molecule is FC(F)(F)c1cccc(Nc2ncnc3cc4c(cc23)NCCO4)c1. The first-order valence-electron chi connectivity index (χ1n) is 7.60. The quantitative estimate of drug-likeness (QED) is 0.728. The number of alkyl halides is 3. The second-order valence-corrected chi connectivity index (χ2v) is 5.57. The zero-order valence-corrected chi connectivity index (χ0v) is 12.9. The van der Waals surface area contributed by atoms with Gasteiger partial charge in [-0.1, -0.05) is 6.07 Å². The van der Waals surface area contributed by atoms with Gasteiger partial charge in [-0.3, -0.25) is 0 Å². The molecular formula is C17H13F3N4O. The van der Waals surface area contributed by atoms with Gasteiger partial charge in [-0.15, -0.1) is 0 Å². The van der Waals surface area contributed by atoms with Crippen LogP contribution in [0.15, 0.2) is 42.7 Å². The van der Waals surface area contributed by atoms with Gasteiger partial charge in [0.2, 0.25) is 0 Å². The van der Waals surface area contributed by atoms with Crippen molar-refractivity contribution >= 4 is 28.1 Å². The lowest BCUT2D eigenvalue weighted by molar-refractivity contribution is -0.137. The molecule has 2 N–H and O–H groups in total. The van der Waals surface area contributed by atoms with Crippen molar-refractivity contribution in [3.63, 3.8) is 0 Å². The minimum Gasteiger partial charge on any atom is -0.490 e. The fourth-order valence-corrected chi connectivity index (χ4v) is 2.70. The lowest BCUT2D eigenvalue weighted by Crippen LogP contribution is -2.18. The number of anilines is 3. The van der Waals surface area contributed by atoms with E-state index in [9.17, 15) is 13.2 Å². The topological polar surface area (TPSA) is 59.1 Å². The van der Waals surface area contributed by atoms with E-state index < -0.39 is 11.7 Å². The number of hydrogen-bond acceptors (Lipinski definition) is 5. The molecule has 4 rings (SSSR count). The fraction of sp³-hybridized carbons (Fsp3) is 0.176. The summed E-state index contributed by atoms with van der Waals surface area (Å²) in [6.45, 7) is 1.25. The molecule has 1 aromatic heterocycles. The molecule has 2 aromatic carbocycles. The van der Waals surface area contributed by atoms with E-state index in [-0.39, 0.29) is 0 Å². The van der Waals surface area contributed by atoms with Crippen molar-refractivity contribution in [2.45, 2.75) is 6.18 Å². The number of halogens is 3. The molecule has 0 unspecified atom stereocenters. The second-order valence-electron chi connectivity index (χ2n) is 5.57. The molecule has 25 heavy (non-hydrogen) atoms. The summed E-state index contributed by atoms with van der Waals surface area (Å²) in [5.74, 6) is 1.13. The first kappa shape index (κ1) is 15.5. The van der Waals surface area contributed by atoms with E-state index in [1.54, 1.807) is 12.1 Å². The summed E-state index contributed by atoms with van der Waals surface area (Å²) in [5, 5.41) is 6.86. The Labute approximate surface area is 140 Å². The molecular weight excluding hydrogens is 333 g/mol. The van der Waals surface area contributed by atoms with E-state index in [2.05, 4.69) is 20.6 Å². The largest absolute Gasteiger partial charge is 0.490 e. The Bertz CT molecular complexity index is 943. The average Bonchev–Trinajstić information content (AvgIpc) is 2.60. The number of nitrogens with zero attached hydrogens (tertiary/aromatic N) is 2. The minimum atomic E-state index is -4.40. The molecule has 1 aliphatic rings. The van der Waals surface area contributed by atoms with E-state index >= 15 is 0 Å². The summed E-state index contributed by atoms with van der Waals surface area (Å²) in [7, 11) is 0. The Morgan fingerprint density at radius 2 is 2.00 bits per heavy atom. The van der Waals surface area contributed by atoms with Gasteiger partial charge in [0, 0.05) is 23.7 Å². The van der Waals surface area contributed by atoms with Crippen molar-refractivity contribution in [3.8, 4) is 5.75 Å². The third-order valence-corrected chi connectivity index (χ3v) is 3.86. The van der Waals surface area contributed by atoms with Gasteiger partial charge in [-0.2, -0.15) is 13.2 Å². The van der Waals surface area contributed by atoms with Crippen LogP contribution in [0.25, 0.3) is 10.9 Å². The third-order valence-electron chi connectivity index (χ3n) is 3.86. The highest BCUT2D eigenvalue weighted by Crippen LogP contribution is 2.35. The molecule has 128 valence electrons. The van der Waals surface area contributed by atoms with Gasteiger partial charge in [0.1, 0.15) is 24.5 Å². The van der Waals surface area contributed by atoms with Crippen molar-refractivity contribution in [2.75, 3.05) is 23.8 Å². The van der Waals surface area contributed by atoms with E-state index in [4.69, 9.17) is 4.74 Å². The molecule has 0 saturated heterocycles. The van der Waals surface area contributed by atoms with Crippen molar-refractivity contribution in [3.05, 3.63) is 48.3 Å². The van der Waals surface area contributed by atoms with E-state index in [0.717, 1.165) is 17.8 Å². The maximum absolute atomic E-state index is 12.9. The molecule has 8 heteroatoms. The van der Waals surface area contributed by atoms with Crippen LogP contribution in [0.3, 0.4) is 0 Å². The lowest BCUT2D eigenvalue weighted by atomic mass is 10.1. The minimum absolute atomic E-state index is 0.303. The van der Waals surface area contributed by atoms with Crippen LogP contribution in [-0.2, 0) is 6.18 Å². The number of nitrogens with one attached hydrogen (secondary N) is 2. The number of benzene rings is 2. The monoisotopic (exact) mass is 346 g/mol. The lowest BCUT2D eigenvalue weighted by Gasteiger charge is -2.20. The van der Waals surface area contributed by atoms with Crippen molar-refractivity contribution in [1.82, 2.24) is 9.97 Å². The van der Waals surface area contributed by atoms with E-state index in [0.29, 0.717) is 41.3 Å². The first-order valence-corrected chi connectivity index (χ1v) is 7.60. The average molecular weight is 346 g/mol. The van der Waals surface area contributed by atoms with Crippen molar-refractivity contribution in [2.24, 2.45) is 0 Å². The molecule has 5 nitrogen and oxygen atoms in total. The van der Waals surface area contributed by atoms with Gasteiger partial charge in [0.25, 0.3) is 0 Å². The zero-order valence-electron chi connectivity index (χ0n) is 12.9. The maximum atomic E-state index is 12.9. The van der Waals surface area contributed by atoms with Crippen LogP contribution < -0.4 is 15.4 Å². The van der Waals surface area contributed by atoms with Crippen LogP contribution in [-0.4, -0.2) is 23.1 Å². The van der Waals surface area contributed by atoms with Crippen LogP contribution in [0, 0.1) is 0 Å². The van der Waals surface area contributed by atoms with Crippen LogP contribution >= 0.6 is 0 Å². The summed E-state index contributed by atoms with van der Waals surface area (Å²) in [6, 6.07) is 8.61. The standard InChI is InChI=1S/C17H13F3N4O/c18-17(19,20)10-2-1-3-11(6-10)24-16-12-7-14-15(25-5-4-21-14)8-13(12)22-9-23-16/h1-3,6-9,21H,4-5H2,(H,22,23,24). The number of aromatic nitrogens is 2. The van der Waals surface area contributed by atoms with E-state index in [1.165, 1.54) is 12.4 Å². The van der Waals surface area contributed by atoms with Gasteiger partial charge in [-0.05, 0) is 24.3 Å². The van der Waals surface area contributed by atoms with Crippen LogP contribution in [0.5, 0.6) is 5.75 Å². The Morgan fingerprint density at radius 3 is 2.84 bits per heavy atom. The molecule has 0 amide bonds. The highest BCUT2D eigenvalue weighted by molar-refractivity contribution is 5.95. The van der Waals surface area contributed by atoms with E-state index in [1.807, 2.05) is 6.07 Å². The molecule has 0 fully saturated rings. The predicted molar refractivity (Wildman–Crippen MR) is 88.2 cm³/mol. The maximum Gasteiger partial charge on any atom is 0.416 e. The number of hydrogen-bond donors (Lipinski definition) is 2. The Morgan fingerprint density at radius 1 is 1.12 bits per heavy atom. The number of ether oxygens (including phenoxy) is 1. The smallest absolute Gasteiger partial charge is 0.416 e. The summed E-state index contributed by atoms with van der Waals surface area (Å²) >= 11 is 0. The van der Waals surface area contributed by atoms with Gasteiger partial charge in [-0.25, -0.2) is 9.97 Å². The molecule has 0 aliphatic carbocycles. The normalized spacial score (nSPS) is 13.7. The Kier molecular flexibility index (Phi) is 3.60. The number of rotatable bonds is 2. The first-order chi connectivity index (χ1) is 12.0. The summed E-state index contributed by atoms with van der Waals surface area (Å²) in [4.78, 5) is 8.38. The molecule has 2 heterocycles. The van der Waals surface area contributed by atoms with Crippen molar-refractivity contribution in [1.29, 1.82) is 0 Å². The van der Waals surface area contributed by atoms with Crippen LogP contribution in [0.4, 0.5) is 30.4 Å². The Balaban J connectivity index is 1.75. The number of fused-ring (bicyclic) bond motifs is 2. The third kappa shape index (κ3) is 3.02. The zero-order chi connectivity index (χ0) is 17.4. The van der Waals surface area contributed by atoms with Crippen LogP contribution in [0.1, 0.15) is 5.56 Å². The van der Waals surface area contributed by atoms with Crippen molar-refractivity contribution < 1.29 is 17.9 Å². The molecule has 1 aliphatic heterocycles. The second kappa shape index (κ2) is 5.80. The van der Waals surface area contributed by atoms with Gasteiger partial charge in [0.15, 0.2) is 0 Å². The summed E-state index contributed by atoms with van der Waals surface area (Å²) in [6.07, 6.45) is -3.04. The molecule has 0 bridgehead atoms. The molecule has 0 atom stereocenters. The Hall–Kier alpha value is -3.03. The summed E-state index contributed by atoms with van der Waals surface area (Å²) < 4.78 is 44.2. The van der Waals surface area contributed by atoms with Crippen LogP contribution in [0.2, 0.25) is 0 Å². The predicted octanol–water partition coefficient (Wildman–Crippen LogP) is 4.20. The molecule has 0 radical (unpaired) electrons. The van der Waals surface area contributed by atoms with Gasteiger partial charge in [0.05, 0.1) is 16.8 Å². The highest BCUT2D eigenvalue weighted by atomic mass is 19.4. The van der Waals surface area contributed by atoms with Gasteiger partial charge < -0.3 is 15.4 Å². The molecule has 3 aromatic rings. The molecule has 0 saturated carbocycles. The highest BCUT2D eigenvalue weighted by Gasteiger charge is 2.30. The fourth-order valence-electron chi connectivity index (χ4n) is 2.70.